The maximum absolute atomic E-state index is 11.7. The van der Waals surface area contributed by atoms with Gasteiger partial charge in [0.25, 0.3) is 0 Å². The number of alkyl carbamates (subject to hydrolysis) is 1. The fraction of sp³-hybridized carbons (Fsp3) is 0.370. The highest BCUT2D eigenvalue weighted by Gasteiger charge is 2.20. The Kier molecular flexibility index (Phi) is 8.11. The fourth-order valence-corrected chi connectivity index (χ4v) is 3.99. The van der Waals surface area contributed by atoms with Crippen LogP contribution < -0.4 is 20.9 Å². The number of hydrogen-bond acceptors (Lipinski definition) is 10. The smallest absolute Gasteiger partial charge is 0.408 e. The molecule has 4 N–H and O–H groups in total. The summed E-state index contributed by atoms with van der Waals surface area (Å²) < 4.78 is 5.20. The Balaban J connectivity index is 1.41. The molecule has 3 aromatic rings. The predicted octanol–water partition coefficient (Wildman–Crippen LogP) is 2.81. The predicted molar refractivity (Wildman–Crippen MR) is 146 cm³/mol. The Bertz CT molecular complexity index is 1350. The molecule has 1 aliphatic rings. The molecule has 0 bridgehead atoms. The van der Waals surface area contributed by atoms with Crippen molar-refractivity contribution < 1.29 is 14.6 Å². The number of hydrogen-bond donors (Lipinski definition) is 3. The second-order valence-electron chi connectivity index (χ2n) is 9.74. The number of para-hydroxylation sites is 1. The van der Waals surface area contributed by atoms with Crippen LogP contribution in [0.15, 0.2) is 42.6 Å². The van der Waals surface area contributed by atoms with Crippen LogP contribution in [-0.4, -0.2) is 69.7 Å². The van der Waals surface area contributed by atoms with Crippen LogP contribution in [0.1, 0.15) is 33.0 Å². The molecule has 1 amide bonds. The van der Waals surface area contributed by atoms with E-state index in [-0.39, 0.29) is 12.3 Å². The molecule has 11 heteroatoms. The molecule has 1 aromatic carbocycles. The van der Waals surface area contributed by atoms with Gasteiger partial charge >= 0.3 is 6.09 Å². The zero-order valence-electron chi connectivity index (χ0n) is 21.8. The van der Waals surface area contributed by atoms with E-state index in [9.17, 15) is 9.90 Å². The van der Waals surface area contributed by atoms with Gasteiger partial charge in [0.2, 0.25) is 5.82 Å². The van der Waals surface area contributed by atoms with Crippen LogP contribution in [0.2, 0.25) is 0 Å². The number of nitrogens with one attached hydrogen (secondary N) is 1. The molecule has 0 unspecified atom stereocenters. The first-order valence-corrected chi connectivity index (χ1v) is 12.4. The lowest BCUT2D eigenvalue weighted by molar-refractivity contribution is 0.0535. The van der Waals surface area contributed by atoms with Crippen LogP contribution in [0.25, 0.3) is 11.3 Å². The number of anilines is 3. The monoisotopic (exact) mass is 516 g/mol. The van der Waals surface area contributed by atoms with Crippen LogP contribution in [0.5, 0.6) is 5.75 Å². The van der Waals surface area contributed by atoms with E-state index in [0.29, 0.717) is 36.0 Å². The average Bonchev–Trinajstić information content (AvgIpc) is 3.13. The molecule has 0 saturated carbocycles. The van der Waals surface area contributed by atoms with Crippen molar-refractivity contribution in [2.45, 2.75) is 32.8 Å². The molecule has 1 fully saturated rings. The quantitative estimate of drug-likeness (QED) is 0.443. The number of carbonyl (C=O) groups excluding carboxylic acids is 1. The number of rotatable bonds is 4. The molecule has 0 radical (unpaired) electrons. The number of aromatic nitrogens is 4. The van der Waals surface area contributed by atoms with E-state index in [1.54, 1.807) is 45.2 Å². The molecule has 0 atom stereocenters. The number of nitrogens with zero attached hydrogens (tertiary/aromatic N) is 6. The maximum atomic E-state index is 11.7. The van der Waals surface area contributed by atoms with E-state index in [0.717, 1.165) is 31.0 Å². The van der Waals surface area contributed by atoms with Crippen molar-refractivity contribution in [1.82, 2.24) is 25.5 Å². The lowest BCUT2D eigenvalue weighted by Gasteiger charge is -2.25. The molecule has 11 nitrogen and oxygen atoms in total. The van der Waals surface area contributed by atoms with Gasteiger partial charge in [0, 0.05) is 37.9 Å². The largest absolute Gasteiger partial charge is 0.507 e. The van der Waals surface area contributed by atoms with Gasteiger partial charge in [-0.25, -0.2) is 14.8 Å². The summed E-state index contributed by atoms with van der Waals surface area (Å²) in [5.74, 6) is 7.40. The van der Waals surface area contributed by atoms with Crippen molar-refractivity contribution in [3.63, 3.8) is 0 Å². The molecule has 2 aromatic heterocycles. The van der Waals surface area contributed by atoms with Crippen molar-refractivity contribution in [2.24, 2.45) is 0 Å². The molecule has 1 aliphatic heterocycles. The Labute approximate surface area is 222 Å². The topological polar surface area (TPSA) is 143 Å². The van der Waals surface area contributed by atoms with Gasteiger partial charge in [0.05, 0.1) is 17.9 Å². The molecule has 198 valence electrons. The number of phenolic OH excluding ortho intramolecular Hbond substituents is 1. The summed E-state index contributed by atoms with van der Waals surface area (Å²) in [6.07, 6.45) is 2.03. The standard InChI is InChI=1S/C27H32N8O3/c1-27(2,3)38-26(37)30-12-6-10-23-29-13-11-24(31-23)35-15-7-14-34(16-17-35)21-18-20(32-33-25(21)28)19-8-4-5-9-22(19)36/h4-5,8-9,11,13,18,36H,7,12,14-17H2,1-3H3,(H2,28,33)(H,30,37). The molecule has 38 heavy (non-hydrogen) atoms. The average molecular weight is 517 g/mol. The molecule has 1 saturated heterocycles. The first kappa shape index (κ1) is 26.5. The van der Waals surface area contributed by atoms with Gasteiger partial charge < -0.3 is 30.7 Å². The van der Waals surface area contributed by atoms with E-state index >= 15 is 0 Å². The number of aromatic hydroxyl groups is 1. The van der Waals surface area contributed by atoms with Gasteiger partial charge in [-0.05, 0) is 57.4 Å². The van der Waals surface area contributed by atoms with Gasteiger partial charge in [-0.2, -0.15) is 0 Å². The zero-order valence-corrected chi connectivity index (χ0v) is 21.8. The lowest BCUT2D eigenvalue weighted by atomic mass is 10.1. The molecule has 4 rings (SSSR count). The van der Waals surface area contributed by atoms with E-state index in [1.165, 1.54) is 0 Å². The number of nitrogen functional groups attached to an aromatic ring is 1. The van der Waals surface area contributed by atoms with Crippen LogP contribution in [0, 0.1) is 11.8 Å². The first-order chi connectivity index (χ1) is 18.2. The number of amides is 1. The molecule has 3 heterocycles. The van der Waals surface area contributed by atoms with Crippen LogP contribution in [0.4, 0.5) is 22.1 Å². The lowest BCUT2D eigenvalue weighted by Crippen LogP contribution is -2.32. The Morgan fingerprint density at radius 1 is 1.13 bits per heavy atom. The first-order valence-electron chi connectivity index (χ1n) is 12.4. The third-order valence-corrected chi connectivity index (χ3v) is 5.70. The number of nitrogens with two attached hydrogens (primary N) is 1. The van der Waals surface area contributed by atoms with Crippen molar-refractivity contribution in [2.75, 3.05) is 48.3 Å². The summed E-state index contributed by atoms with van der Waals surface area (Å²) >= 11 is 0. The molecule has 0 spiro atoms. The second-order valence-corrected chi connectivity index (χ2v) is 9.74. The summed E-state index contributed by atoms with van der Waals surface area (Å²) in [6.45, 7) is 8.51. The summed E-state index contributed by atoms with van der Waals surface area (Å²) in [5, 5.41) is 21.2. The number of carbonyl (C=O) groups is 1. The van der Waals surface area contributed by atoms with Gasteiger partial charge in [0.1, 0.15) is 17.2 Å². The summed E-state index contributed by atoms with van der Waals surface area (Å²) in [4.78, 5) is 24.9. The SMILES string of the molecule is CC(C)(C)OC(=O)NCC#Cc1nccc(N2CCCN(c3cc(-c4ccccc4O)nnc3N)CC2)n1. The molecular formula is C27H32N8O3. The Hall–Kier alpha value is -4.59. The highest BCUT2D eigenvalue weighted by Crippen LogP contribution is 2.31. The van der Waals surface area contributed by atoms with E-state index in [2.05, 4.69) is 47.1 Å². The summed E-state index contributed by atoms with van der Waals surface area (Å²) in [6, 6.07) is 10.8. The molecule has 0 aliphatic carbocycles. The number of benzene rings is 1. The minimum absolute atomic E-state index is 0.130. The minimum atomic E-state index is -0.565. The van der Waals surface area contributed by atoms with E-state index < -0.39 is 11.7 Å². The summed E-state index contributed by atoms with van der Waals surface area (Å²) in [5.41, 5.74) is 7.59. The normalized spacial score (nSPS) is 13.8. The maximum Gasteiger partial charge on any atom is 0.408 e. The highest BCUT2D eigenvalue weighted by molar-refractivity contribution is 5.74. The van der Waals surface area contributed by atoms with Gasteiger partial charge in [0.15, 0.2) is 5.82 Å². The van der Waals surface area contributed by atoms with E-state index in [1.807, 2.05) is 18.2 Å². The van der Waals surface area contributed by atoms with Crippen molar-refractivity contribution >= 4 is 23.4 Å². The second kappa shape index (κ2) is 11.6. The van der Waals surface area contributed by atoms with Gasteiger partial charge in [-0.1, -0.05) is 18.1 Å². The Morgan fingerprint density at radius 3 is 2.68 bits per heavy atom. The summed E-state index contributed by atoms with van der Waals surface area (Å²) in [7, 11) is 0. The third kappa shape index (κ3) is 7.00. The molecular weight excluding hydrogens is 484 g/mol. The fourth-order valence-electron chi connectivity index (χ4n) is 3.99. The van der Waals surface area contributed by atoms with E-state index in [4.69, 9.17) is 10.5 Å². The van der Waals surface area contributed by atoms with Crippen molar-refractivity contribution in [1.29, 1.82) is 0 Å². The third-order valence-electron chi connectivity index (χ3n) is 5.70. The zero-order chi connectivity index (χ0) is 27.1. The number of ether oxygens (including phenoxy) is 1. The Morgan fingerprint density at radius 2 is 1.89 bits per heavy atom. The van der Waals surface area contributed by atoms with Crippen molar-refractivity contribution in [3.8, 4) is 28.8 Å². The van der Waals surface area contributed by atoms with Gasteiger partial charge in [-0.15, -0.1) is 10.2 Å². The van der Waals surface area contributed by atoms with Crippen molar-refractivity contribution in [3.05, 3.63) is 48.4 Å². The minimum Gasteiger partial charge on any atom is -0.507 e. The number of phenols is 1. The van der Waals surface area contributed by atoms with Crippen LogP contribution in [0.3, 0.4) is 0 Å². The van der Waals surface area contributed by atoms with Gasteiger partial charge in [-0.3, -0.25) is 0 Å². The van der Waals surface area contributed by atoms with Crippen LogP contribution in [-0.2, 0) is 4.74 Å². The highest BCUT2D eigenvalue weighted by atomic mass is 16.6. The van der Waals surface area contributed by atoms with Crippen LogP contribution >= 0.6 is 0 Å².